The lowest BCUT2D eigenvalue weighted by molar-refractivity contribution is -0.128. The number of amides is 2. The summed E-state index contributed by atoms with van der Waals surface area (Å²) in [6.07, 6.45) is 1.11. The van der Waals surface area contributed by atoms with E-state index in [1.165, 1.54) is 0 Å². The first kappa shape index (κ1) is 19.3. The van der Waals surface area contributed by atoms with E-state index in [2.05, 4.69) is 26.1 Å². The molecule has 0 spiro atoms. The summed E-state index contributed by atoms with van der Waals surface area (Å²) in [7, 11) is 1.60. The van der Waals surface area contributed by atoms with Gasteiger partial charge in [-0.1, -0.05) is 26.8 Å². The Bertz CT molecular complexity index is 647. The van der Waals surface area contributed by atoms with Crippen LogP contribution in [-0.2, 0) is 9.59 Å². The van der Waals surface area contributed by atoms with E-state index in [9.17, 15) is 9.59 Å². The summed E-state index contributed by atoms with van der Waals surface area (Å²) in [5.41, 5.74) is 0.588. The highest BCUT2D eigenvalue weighted by molar-refractivity contribution is 6.00. The molecule has 1 aromatic rings. The minimum absolute atomic E-state index is 0.0259. The van der Waals surface area contributed by atoms with Crippen LogP contribution in [0.5, 0.6) is 5.75 Å². The van der Waals surface area contributed by atoms with Gasteiger partial charge in [0.25, 0.3) is 0 Å². The summed E-state index contributed by atoms with van der Waals surface area (Å²) in [4.78, 5) is 26.7. The van der Waals surface area contributed by atoms with Crippen molar-refractivity contribution >= 4 is 17.5 Å². The van der Waals surface area contributed by atoms with Crippen LogP contribution in [0.25, 0.3) is 0 Å². The van der Waals surface area contributed by atoms with Crippen LogP contribution in [0.2, 0.25) is 0 Å². The average Bonchev–Trinajstić information content (AvgIpc) is 2.86. The van der Waals surface area contributed by atoms with Crippen molar-refractivity contribution in [2.24, 2.45) is 11.3 Å². The van der Waals surface area contributed by atoms with Gasteiger partial charge in [0.1, 0.15) is 5.75 Å². The zero-order chi connectivity index (χ0) is 18.8. The van der Waals surface area contributed by atoms with E-state index in [-0.39, 0.29) is 35.1 Å². The van der Waals surface area contributed by atoms with Crippen LogP contribution in [0.3, 0.4) is 0 Å². The minimum Gasteiger partial charge on any atom is -0.497 e. The molecule has 1 N–H and O–H groups in total. The number of carbonyl (C=O) groups excluding carboxylic acids is 2. The lowest BCUT2D eigenvalue weighted by Crippen LogP contribution is -2.48. The number of nitrogens with one attached hydrogen (secondary N) is 1. The summed E-state index contributed by atoms with van der Waals surface area (Å²) in [6.45, 7) is 10.9. The summed E-state index contributed by atoms with van der Waals surface area (Å²) < 4.78 is 5.22. The number of rotatable bonds is 5. The molecular weight excluding hydrogens is 316 g/mol. The third kappa shape index (κ3) is 5.21. The van der Waals surface area contributed by atoms with Crippen LogP contribution in [0, 0.1) is 11.3 Å². The van der Waals surface area contributed by atoms with Gasteiger partial charge in [-0.15, -0.1) is 0 Å². The number of carbonyl (C=O) groups is 2. The van der Waals surface area contributed by atoms with Crippen molar-refractivity contribution in [1.82, 2.24) is 5.32 Å². The number of methoxy groups -OCH3 is 1. The molecule has 1 saturated heterocycles. The fourth-order valence-corrected chi connectivity index (χ4v) is 3.72. The monoisotopic (exact) mass is 346 g/mol. The van der Waals surface area contributed by atoms with Crippen LogP contribution >= 0.6 is 0 Å². The summed E-state index contributed by atoms with van der Waals surface area (Å²) in [5, 5.41) is 3.13. The molecule has 1 aromatic carbocycles. The maximum Gasteiger partial charge on any atom is 0.227 e. The van der Waals surface area contributed by atoms with E-state index < -0.39 is 0 Å². The first-order chi connectivity index (χ1) is 11.5. The van der Waals surface area contributed by atoms with Gasteiger partial charge in [-0.25, -0.2) is 0 Å². The van der Waals surface area contributed by atoms with Gasteiger partial charge in [-0.3, -0.25) is 9.59 Å². The van der Waals surface area contributed by atoms with Gasteiger partial charge in [0.2, 0.25) is 11.8 Å². The standard InChI is InChI=1S/C20H30N2O3/c1-19(2,3)13-20(4,5)21-18(24)14-10-17(23)22(12-14)15-8-7-9-16(11-15)25-6/h7-9,11,14H,10,12-13H2,1-6H3,(H,21,24)/t14-/m0/s1. The Kier molecular flexibility index (Phi) is 5.45. The van der Waals surface area contributed by atoms with Gasteiger partial charge in [0.15, 0.2) is 0 Å². The number of nitrogens with zero attached hydrogens (tertiary/aromatic N) is 1. The Labute approximate surface area is 150 Å². The molecule has 0 unspecified atom stereocenters. The number of ether oxygens (including phenoxy) is 1. The number of hydrogen-bond acceptors (Lipinski definition) is 3. The molecule has 1 aliphatic heterocycles. The van der Waals surface area contributed by atoms with Crippen molar-refractivity contribution in [1.29, 1.82) is 0 Å². The van der Waals surface area contributed by atoms with E-state index in [0.717, 1.165) is 12.1 Å². The van der Waals surface area contributed by atoms with Crippen molar-refractivity contribution in [3.8, 4) is 5.75 Å². The van der Waals surface area contributed by atoms with Crippen LogP contribution in [0.4, 0.5) is 5.69 Å². The van der Waals surface area contributed by atoms with Crippen molar-refractivity contribution in [3.63, 3.8) is 0 Å². The second kappa shape index (κ2) is 7.06. The van der Waals surface area contributed by atoms with Gasteiger partial charge in [-0.2, -0.15) is 0 Å². The molecule has 2 amide bonds. The number of anilines is 1. The van der Waals surface area contributed by atoms with Crippen molar-refractivity contribution in [2.45, 2.75) is 53.0 Å². The van der Waals surface area contributed by atoms with Gasteiger partial charge in [0, 0.05) is 30.3 Å². The molecular formula is C20H30N2O3. The SMILES string of the molecule is COc1cccc(N2C[C@@H](C(=O)NC(C)(C)CC(C)(C)C)CC2=O)c1. The Balaban J connectivity index is 2.05. The molecule has 5 heteroatoms. The van der Waals surface area contributed by atoms with Gasteiger partial charge >= 0.3 is 0 Å². The van der Waals surface area contributed by atoms with Crippen LogP contribution < -0.4 is 15.0 Å². The number of hydrogen-bond donors (Lipinski definition) is 1. The molecule has 5 nitrogen and oxygen atoms in total. The highest BCUT2D eigenvalue weighted by Crippen LogP contribution is 2.30. The molecule has 1 aliphatic rings. The van der Waals surface area contributed by atoms with Crippen LogP contribution in [0.15, 0.2) is 24.3 Å². The molecule has 2 rings (SSSR count). The van der Waals surface area contributed by atoms with Crippen molar-refractivity contribution in [2.75, 3.05) is 18.6 Å². The molecule has 1 fully saturated rings. The normalized spacial score (nSPS) is 18.4. The highest BCUT2D eigenvalue weighted by atomic mass is 16.5. The largest absolute Gasteiger partial charge is 0.497 e. The Morgan fingerprint density at radius 2 is 1.96 bits per heavy atom. The second-order valence-electron chi connectivity index (χ2n) is 8.72. The van der Waals surface area contributed by atoms with Gasteiger partial charge in [-0.05, 0) is 37.8 Å². The molecule has 138 valence electrons. The van der Waals surface area contributed by atoms with E-state index in [1.54, 1.807) is 12.0 Å². The first-order valence-electron chi connectivity index (χ1n) is 8.77. The van der Waals surface area contributed by atoms with Crippen molar-refractivity contribution in [3.05, 3.63) is 24.3 Å². The van der Waals surface area contributed by atoms with Gasteiger partial charge in [0.05, 0.1) is 13.0 Å². The van der Waals surface area contributed by atoms with Crippen LogP contribution in [-0.4, -0.2) is 31.0 Å². The first-order valence-corrected chi connectivity index (χ1v) is 8.77. The molecule has 1 atom stereocenters. The lowest BCUT2D eigenvalue weighted by Gasteiger charge is -2.34. The molecule has 0 bridgehead atoms. The van der Waals surface area contributed by atoms with E-state index in [1.807, 2.05) is 38.1 Å². The zero-order valence-electron chi connectivity index (χ0n) is 16.2. The minimum atomic E-state index is -0.321. The quantitative estimate of drug-likeness (QED) is 0.889. The second-order valence-corrected chi connectivity index (χ2v) is 8.72. The zero-order valence-corrected chi connectivity index (χ0v) is 16.2. The molecule has 0 radical (unpaired) electrons. The number of benzene rings is 1. The molecule has 0 aromatic heterocycles. The maximum atomic E-state index is 12.7. The smallest absolute Gasteiger partial charge is 0.227 e. The molecule has 25 heavy (non-hydrogen) atoms. The third-order valence-corrected chi connectivity index (χ3v) is 4.29. The van der Waals surface area contributed by atoms with Crippen LogP contribution in [0.1, 0.15) is 47.5 Å². The molecule has 0 saturated carbocycles. The Hall–Kier alpha value is -2.04. The summed E-state index contributed by atoms with van der Waals surface area (Å²) in [6, 6.07) is 7.37. The fourth-order valence-electron chi connectivity index (χ4n) is 3.72. The van der Waals surface area contributed by atoms with E-state index in [4.69, 9.17) is 4.74 Å². The summed E-state index contributed by atoms with van der Waals surface area (Å²) >= 11 is 0. The molecule has 1 heterocycles. The Morgan fingerprint density at radius 1 is 1.28 bits per heavy atom. The fraction of sp³-hybridized carbons (Fsp3) is 0.600. The lowest BCUT2D eigenvalue weighted by atomic mass is 9.81. The molecule has 0 aliphatic carbocycles. The highest BCUT2D eigenvalue weighted by Gasteiger charge is 2.37. The van der Waals surface area contributed by atoms with E-state index >= 15 is 0 Å². The topological polar surface area (TPSA) is 58.6 Å². The third-order valence-electron chi connectivity index (χ3n) is 4.29. The van der Waals surface area contributed by atoms with Gasteiger partial charge < -0.3 is 15.0 Å². The average molecular weight is 346 g/mol. The Morgan fingerprint density at radius 3 is 2.56 bits per heavy atom. The van der Waals surface area contributed by atoms with E-state index in [0.29, 0.717) is 12.3 Å². The maximum absolute atomic E-state index is 12.7. The summed E-state index contributed by atoms with van der Waals surface area (Å²) in [5.74, 6) is 0.303. The predicted octanol–water partition coefficient (Wildman–Crippen LogP) is 3.38. The van der Waals surface area contributed by atoms with Crippen molar-refractivity contribution < 1.29 is 14.3 Å². The predicted molar refractivity (Wildman–Crippen MR) is 99.7 cm³/mol.